The van der Waals surface area contributed by atoms with Crippen LogP contribution in [0.2, 0.25) is 5.02 Å². The summed E-state index contributed by atoms with van der Waals surface area (Å²) in [5, 5.41) is 22.3. The Morgan fingerprint density at radius 1 is 1.09 bits per heavy atom. The molecule has 236 valence electrons. The molecular formula is C32H26BrClN4O7S. The fraction of sp³-hybridized carbons (Fsp3) is 0.125. The van der Waals surface area contributed by atoms with Crippen LogP contribution < -0.4 is 19.5 Å². The van der Waals surface area contributed by atoms with Crippen molar-refractivity contribution in [2.75, 3.05) is 26.1 Å². The van der Waals surface area contributed by atoms with Gasteiger partial charge >= 0.3 is 0 Å². The van der Waals surface area contributed by atoms with Crippen molar-refractivity contribution >= 4 is 74.3 Å². The number of phenolic OH excluding ortho intramolecular Hbond substituents is 1. The van der Waals surface area contributed by atoms with Crippen LogP contribution in [0.15, 0.2) is 97.0 Å². The highest BCUT2D eigenvalue weighted by Gasteiger charge is 2.34. The van der Waals surface area contributed by atoms with Crippen molar-refractivity contribution in [3.05, 3.63) is 104 Å². The van der Waals surface area contributed by atoms with Gasteiger partial charge in [0, 0.05) is 26.3 Å². The highest BCUT2D eigenvalue weighted by molar-refractivity contribution is 9.10. The van der Waals surface area contributed by atoms with Gasteiger partial charge in [-0.1, -0.05) is 27.5 Å². The molecule has 2 amide bonds. The van der Waals surface area contributed by atoms with Crippen LogP contribution in [0, 0.1) is 0 Å². The number of rotatable bonds is 11. The number of nitrogens with zero attached hydrogens (tertiary/aromatic N) is 3. The summed E-state index contributed by atoms with van der Waals surface area (Å²) >= 11 is 10.5. The molecule has 1 aliphatic heterocycles. The maximum Gasteiger partial charge on any atom is 0.267 e. The third-order valence-corrected chi connectivity index (χ3v) is 8.12. The highest BCUT2D eigenvalue weighted by Crippen LogP contribution is 2.38. The van der Waals surface area contributed by atoms with Gasteiger partial charge in [-0.05, 0) is 84.6 Å². The molecule has 11 nitrogen and oxygen atoms in total. The number of methoxy groups -OCH3 is 2. The number of carbonyl (C=O) groups excluding carboxylic acids is 2. The summed E-state index contributed by atoms with van der Waals surface area (Å²) < 4.78 is 22.5. The molecule has 1 aliphatic rings. The highest BCUT2D eigenvalue weighted by atomic mass is 79.9. The minimum absolute atomic E-state index is 0.123. The molecule has 2 N–H and O–H groups in total. The molecule has 0 saturated carbocycles. The number of amides is 2. The van der Waals surface area contributed by atoms with Gasteiger partial charge in [-0.2, -0.15) is 5.10 Å². The monoisotopic (exact) mass is 724 g/mol. The Morgan fingerprint density at radius 2 is 1.83 bits per heavy atom. The van der Waals surface area contributed by atoms with Gasteiger partial charge in [-0.25, -0.2) is 0 Å². The van der Waals surface area contributed by atoms with Gasteiger partial charge in [0.15, 0.2) is 23.3 Å². The molecule has 0 radical (unpaired) electrons. The van der Waals surface area contributed by atoms with Crippen molar-refractivity contribution in [3.63, 3.8) is 0 Å². The van der Waals surface area contributed by atoms with Crippen LogP contribution in [-0.2, 0) is 16.1 Å². The average Bonchev–Trinajstić information content (AvgIpc) is 3.66. The lowest BCUT2D eigenvalue weighted by molar-refractivity contribution is -0.122. The van der Waals surface area contributed by atoms with E-state index >= 15 is 0 Å². The number of furan rings is 1. The second kappa shape index (κ2) is 15.0. The Balaban J connectivity index is 1.39. The summed E-state index contributed by atoms with van der Waals surface area (Å²) in [6, 6.07) is 18.6. The molecule has 0 atom stereocenters. The molecular weight excluding hydrogens is 700 g/mol. The molecule has 0 aliphatic carbocycles. The maximum absolute atomic E-state index is 13.6. The number of aromatic hydroxyl groups is 1. The van der Waals surface area contributed by atoms with Gasteiger partial charge in [0.05, 0.1) is 38.1 Å². The van der Waals surface area contributed by atoms with E-state index in [0.717, 1.165) is 16.2 Å². The first kappa shape index (κ1) is 32.7. The van der Waals surface area contributed by atoms with E-state index in [2.05, 4.69) is 31.4 Å². The van der Waals surface area contributed by atoms with Crippen molar-refractivity contribution < 1.29 is 33.3 Å². The van der Waals surface area contributed by atoms with Gasteiger partial charge in [-0.15, -0.1) is 5.10 Å². The van der Waals surface area contributed by atoms with E-state index in [9.17, 15) is 14.7 Å². The molecule has 0 bridgehead atoms. The zero-order valence-electron chi connectivity index (χ0n) is 24.4. The molecule has 0 spiro atoms. The Labute approximate surface area is 281 Å². The fourth-order valence-corrected chi connectivity index (χ4v) is 5.62. The largest absolute Gasteiger partial charge is 0.502 e. The van der Waals surface area contributed by atoms with Crippen LogP contribution in [0.4, 0.5) is 5.69 Å². The SMILES string of the molecule is COc1cc(/C=N\N=C2\S/C(=C\c3cc(Br)ccc3OCC(=O)Nc3ccc(Cl)cc3)C(=O)N2Cc2ccco2)cc(OC)c1O. The minimum Gasteiger partial charge on any atom is -0.502 e. The zero-order valence-corrected chi connectivity index (χ0v) is 27.6. The lowest BCUT2D eigenvalue weighted by Crippen LogP contribution is -2.28. The van der Waals surface area contributed by atoms with E-state index in [-0.39, 0.29) is 42.2 Å². The molecule has 3 aromatic carbocycles. The molecule has 2 heterocycles. The number of anilines is 1. The number of carbonyl (C=O) groups is 2. The number of amidine groups is 1. The number of ether oxygens (including phenoxy) is 3. The number of halogens is 2. The van der Waals surface area contributed by atoms with Crippen LogP contribution in [0.3, 0.4) is 0 Å². The van der Waals surface area contributed by atoms with Gasteiger partial charge in [0.2, 0.25) is 5.75 Å². The van der Waals surface area contributed by atoms with E-state index < -0.39 is 0 Å². The van der Waals surface area contributed by atoms with E-state index in [0.29, 0.717) is 43.4 Å². The second-order valence-corrected chi connectivity index (χ2v) is 11.9. The Bertz CT molecular complexity index is 1800. The van der Waals surface area contributed by atoms with Crippen molar-refractivity contribution in [3.8, 4) is 23.0 Å². The van der Waals surface area contributed by atoms with Gasteiger partial charge < -0.3 is 29.1 Å². The van der Waals surface area contributed by atoms with E-state index in [1.54, 1.807) is 72.8 Å². The third-order valence-electron chi connectivity index (χ3n) is 6.38. The Kier molecular flexibility index (Phi) is 10.7. The van der Waals surface area contributed by atoms with Crippen LogP contribution in [0.1, 0.15) is 16.9 Å². The number of benzene rings is 3. The summed E-state index contributed by atoms with van der Waals surface area (Å²) in [6.07, 6.45) is 4.64. The van der Waals surface area contributed by atoms with Gasteiger partial charge in [0.1, 0.15) is 11.5 Å². The summed E-state index contributed by atoms with van der Waals surface area (Å²) in [7, 11) is 2.85. The predicted molar refractivity (Wildman–Crippen MR) is 181 cm³/mol. The fourth-order valence-electron chi connectivity index (χ4n) is 4.19. The number of nitrogens with one attached hydrogen (secondary N) is 1. The van der Waals surface area contributed by atoms with Crippen LogP contribution in [-0.4, -0.2) is 54.0 Å². The molecule has 46 heavy (non-hydrogen) atoms. The second-order valence-electron chi connectivity index (χ2n) is 9.51. The predicted octanol–water partition coefficient (Wildman–Crippen LogP) is 6.94. The van der Waals surface area contributed by atoms with Gasteiger partial charge in [0.25, 0.3) is 11.8 Å². The lowest BCUT2D eigenvalue weighted by atomic mass is 10.2. The molecule has 1 aromatic heterocycles. The van der Waals surface area contributed by atoms with E-state index in [1.807, 2.05) is 0 Å². The first-order valence-electron chi connectivity index (χ1n) is 13.5. The molecule has 5 rings (SSSR count). The number of hydrogen-bond acceptors (Lipinski definition) is 10. The van der Waals surface area contributed by atoms with Crippen molar-refractivity contribution in [1.82, 2.24) is 4.90 Å². The van der Waals surface area contributed by atoms with Crippen molar-refractivity contribution in [2.45, 2.75) is 6.54 Å². The molecule has 4 aromatic rings. The molecule has 0 unspecified atom stereocenters. The summed E-state index contributed by atoms with van der Waals surface area (Å²) in [6.45, 7) is -0.140. The topological polar surface area (TPSA) is 135 Å². The van der Waals surface area contributed by atoms with E-state index in [1.165, 1.54) is 31.6 Å². The number of hydrogen-bond donors (Lipinski definition) is 2. The van der Waals surface area contributed by atoms with Crippen LogP contribution >= 0.6 is 39.3 Å². The first-order valence-corrected chi connectivity index (χ1v) is 15.5. The Hall–Kier alpha value is -4.72. The maximum atomic E-state index is 13.6. The normalized spacial score (nSPS) is 14.8. The quantitative estimate of drug-likeness (QED) is 0.0965. The smallest absolute Gasteiger partial charge is 0.267 e. The molecule has 1 fully saturated rings. The third kappa shape index (κ3) is 8.10. The Morgan fingerprint density at radius 3 is 2.50 bits per heavy atom. The minimum atomic E-state index is -0.365. The summed E-state index contributed by atoms with van der Waals surface area (Å²) in [4.78, 5) is 28.0. The zero-order chi connectivity index (χ0) is 32.6. The van der Waals surface area contributed by atoms with Crippen LogP contribution in [0.25, 0.3) is 6.08 Å². The van der Waals surface area contributed by atoms with Gasteiger partial charge in [-0.3, -0.25) is 14.5 Å². The average molecular weight is 726 g/mol. The number of phenols is 1. The standard InChI is InChI=1S/C32H26BrClN4O7S/c1-42-26-12-19(13-27(43-2)30(26)40)16-35-37-32-38(17-24-4-3-11-44-24)31(41)28(46-32)15-20-14-21(33)5-10-25(20)45-18-29(39)36-23-8-6-22(34)7-9-23/h3-16,40H,17-18H2,1-2H3,(H,36,39)/b28-15-,35-16-,37-32+. The molecule has 1 saturated heterocycles. The summed E-state index contributed by atoms with van der Waals surface area (Å²) in [5.41, 5.74) is 1.70. The molecule has 14 heteroatoms. The first-order chi connectivity index (χ1) is 22.2. The van der Waals surface area contributed by atoms with Crippen molar-refractivity contribution in [1.29, 1.82) is 0 Å². The summed E-state index contributed by atoms with van der Waals surface area (Å²) in [5.74, 6) is 0.536. The lowest BCUT2D eigenvalue weighted by Gasteiger charge is -2.13. The van der Waals surface area contributed by atoms with Crippen LogP contribution in [0.5, 0.6) is 23.0 Å². The van der Waals surface area contributed by atoms with E-state index in [4.69, 9.17) is 30.2 Å². The van der Waals surface area contributed by atoms with Crippen molar-refractivity contribution in [2.24, 2.45) is 10.2 Å². The number of thioether (sulfide) groups is 1.